The normalized spacial score (nSPS) is 26.6. The Balaban J connectivity index is 1.36. The summed E-state index contributed by atoms with van der Waals surface area (Å²) in [6.07, 6.45) is 10.8. The highest BCUT2D eigenvalue weighted by molar-refractivity contribution is 6.03. The van der Waals surface area contributed by atoms with E-state index in [4.69, 9.17) is 0 Å². The van der Waals surface area contributed by atoms with E-state index in [9.17, 15) is 4.79 Å². The molecule has 136 valence electrons. The van der Waals surface area contributed by atoms with Gasteiger partial charge >= 0.3 is 0 Å². The van der Waals surface area contributed by atoms with Crippen LogP contribution in [0, 0.1) is 5.92 Å². The van der Waals surface area contributed by atoms with Gasteiger partial charge in [-0.25, -0.2) is 0 Å². The predicted octanol–water partition coefficient (Wildman–Crippen LogP) is 4.07. The number of allylic oxidation sites excluding steroid dienone is 3. The van der Waals surface area contributed by atoms with Gasteiger partial charge < -0.3 is 10.2 Å². The van der Waals surface area contributed by atoms with Crippen LogP contribution in [0.2, 0.25) is 0 Å². The average molecular weight is 357 g/mol. The first-order valence-electron chi connectivity index (χ1n) is 9.65. The second-order valence-corrected chi connectivity index (χ2v) is 7.92. The Kier molecular flexibility index (Phi) is 3.67. The molecule has 2 aromatic rings. The Labute approximate surface area is 159 Å². The summed E-state index contributed by atoms with van der Waals surface area (Å²) >= 11 is 0. The minimum absolute atomic E-state index is 0.203. The van der Waals surface area contributed by atoms with Crippen molar-refractivity contribution in [2.75, 3.05) is 11.4 Å². The van der Waals surface area contributed by atoms with E-state index >= 15 is 0 Å². The van der Waals surface area contributed by atoms with Crippen LogP contribution in [0.5, 0.6) is 0 Å². The second-order valence-electron chi connectivity index (χ2n) is 7.92. The van der Waals surface area contributed by atoms with E-state index in [-0.39, 0.29) is 5.91 Å². The maximum Gasteiger partial charge on any atom is 0.253 e. The minimum atomic E-state index is -0.442. The lowest BCUT2D eigenvalue weighted by Crippen LogP contribution is -2.48. The number of rotatable bonds is 2. The summed E-state index contributed by atoms with van der Waals surface area (Å²) in [6, 6.07) is 12.3. The maximum absolute atomic E-state index is 13.3. The molecule has 4 heteroatoms. The molecule has 5 rings (SSSR count). The summed E-state index contributed by atoms with van der Waals surface area (Å²) in [5.41, 5.74) is 5.40. The molecule has 3 heterocycles. The van der Waals surface area contributed by atoms with Crippen molar-refractivity contribution in [3.8, 4) is 11.1 Å². The Morgan fingerprint density at radius 3 is 2.63 bits per heavy atom. The molecule has 1 amide bonds. The largest absolute Gasteiger partial charge is 0.374 e. The third-order valence-corrected chi connectivity index (χ3v) is 6.03. The van der Waals surface area contributed by atoms with Gasteiger partial charge in [-0.1, -0.05) is 31.2 Å². The fraction of sp³-hybridized carbons (Fsp3) is 0.304. The summed E-state index contributed by atoms with van der Waals surface area (Å²) in [5.74, 6) is 0.745. The Hall–Kier alpha value is -2.88. The molecule has 1 fully saturated rings. The highest BCUT2D eigenvalue weighted by atomic mass is 16.2. The van der Waals surface area contributed by atoms with E-state index in [0.29, 0.717) is 5.92 Å². The quantitative estimate of drug-likeness (QED) is 0.881. The van der Waals surface area contributed by atoms with Crippen molar-refractivity contribution in [1.82, 2.24) is 10.3 Å². The van der Waals surface area contributed by atoms with Crippen LogP contribution in [0.4, 0.5) is 5.69 Å². The molecule has 0 radical (unpaired) electrons. The van der Waals surface area contributed by atoms with E-state index in [0.717, 1.165) is 42.6 Å². The monoisotopic (exact) mass is 357 g/mol. The first kappa shape index (κ1) is 16.3. The number of nitrogens with zero attached hydrogens (tertiary/aromatic N) is 2. The fourth-order valence-electron chi connectivity index (χ4n) is 4.53. The van der Waals surface area contributed by atoms with Crippen LogP contribution in [-0.2, 0) is 4.79 Å². The van der Waals surface area contributed by atoms with E-state index in [1.807, 2.05) is 17.0 Å². The first-order valence-corrected chi connectivity index (χ1v) is 9.65. The van der Waals surface area contributed by atoms with Gasteiger partial charge in [0.25, 0.3) is 5.91 Å². The Morgan fingerprint density at radius 2 is 1.85 bits per heavy atom. The third-order valence-electron chi connectivity index (χ3n) is 6.03. The van der Waals surface area contributed by atoms with Crippen molar-refractivity contribution in [2.45, 2.75) is 31.7 Å². The standard InChI is InChI=1S/C23H23N3O/c1-16-2-3-19-15-23(25-21(19)14-16)10-13-26(22(23)27)20-6-4-17(5-7-20)18-8-11-24-12-9-18/h2-9,11-12,16,25H,10,13-15H2,1H3/t16?,23-/m1/s1. The average Bonchev–Trinajstić information content (AvgIpc) is 3.22. The van der Waals surface area contributed by atoms with Crippen LogP contribution in [-0.4, -0.2) is 23.0 Å². The summed E-state index contributed by atoms with van der Waals surface area (Å²) in [6.45, 7) is 2.99. The number of carbonyl (C=O) groups is 1. The maximum atomic E-state index is 13.3. The molecule has 1 saturated heterocycles. The molecule has 2 atom stereocenters. The molecule has 1 aliphatic carbocycles. The van der Waals surface area contributed by atoms with Crippen LogP contribution in [0.15, 0.2) is 72.2 Å². The number of carbonyl (C=O) groups excluding carboxylic acids is 1. The number of amides is 1. The van der Waals surface area contributed by atoms with E-state index in [1.165, 1.54) is 11.3 Å². The predicted molar refractivity (Wildman–Crippen MR) is 107 cm³/mol. The smallest absolute Gasteiger partial charge is 0.253 e. The van der Waals surface area contributed by atoms with E-state index < -0.39 is 5.54 Å². The highest BCUT2D eigenvalue weighted by Gasteiger charge is 2.51. The van der Waals surface area contributed by atoms with Crippen LogP contribution in [0.1, 0.15) is 26.2 Å². The molecule has 1 aromatic heterocycles. The van der Waals surface area contributed by atoms with Crippen LogP contribution < -0.4 is 10.2 Å². The number of anilines is 1. The Morgan fingerprint density at radius 1 is 1.11 bits per heavy atom. The number of hydrogen-bond donors (Lipinski definition) is 1. The zero-order valence-electron chi connectivity index (χ0n) is 15.5. The summed E-state index contributed by atoms with van der Waals surface area (Å²) < 4.78 is 0. The lowest BCUT2D eigenvalue weighted by atomic mass is 9.90. The Bertz CT molecular complexity index is 945. The van der Waals surface area contributed by atoms with Crippen molar-refractivity contribution in [3.05, 3.63) is 72.2 Å². The van der Waals surface area contributed by atoms with Gasteiger partial charge in [0.1, 0.15) is 5.54 Å². The molecule has 0 bridgehead atoms. The molecular formula is C23H23N3O. The van der Waals surface area contributed by atoms with Gasteiger partial charge in [0.2, 0.25) is 0 Å². The molecule has 27 heavy (non-hydrogen) atoms. The lowest BCUT2D eigenvalue weighted by Gasteiger charge is -2.25. The topological polar surface area (TPSA) is 45.2 Å². The highest BCUT2D eigenvalue weighted by Crippen LogP contribution is 2.41. The second kappa shape index (κ2) is 6.08. The van der Waals surface area contributed by atoms with Gasteiger partial charge in [-0.15, -0.1) is 0 Å². The molecule has 0 saturated carbocycles. The lowest BCUT2D eigenvalue weighted by molar-refractivity contribution is -0.122. The van der Waals surface area contributed by atoms with E-state index in [2.05, 4.69) is 53.6 Å². The SMILES string of the molecule is CC1C=CC2=C(C1)N[C@]1(CCN(c3ccc(-c4ccncc4)cc3)C1=O)C2. The fourth-order valence-corrected chi connectivity index (χ4v) is 4.53. The van der Waals surface area contributed by atoms with Crippen molar-refractivity contribution < 1.29 is 4.79 Å². The number of hydrogen-bond acceptors (Lipinski definition) is 3. The van der Waals surface area contributed by atoms with Gasteiger partial charge in [0.05, 0.1) is 0 Å². The molecule has 4 nitrogen and oxygen atoms in total. The summed E-state index contributed by atoms with van der Waals surface area (Å²) in [4.78, 5) is 19.3. The molecule has 1 N–H and O–H groups in total. The third kappa shape index (κ3) is 2.67. The minimum Gasteiger partial charge on any atom is -0.374 e. The number of aromatic nitrogens is 1. The van der Waals surface area contributed by atoms with Gasteiger partial charge in [-0.05, 0) is 59.7 Å². The van der Waals surface area contributed by atoms with Crippen molar-refractivity contribution in [1.29, 1.82) is 0 Å². The summed E-state index contributed by atoms with van der Waals surface area (Å²) in [7, 11) is 0. The molecule has 1 unspecified atom stereocenters. The number of pyridine rings is 1. The van der Waals surface area contributed by atoms with Gasteiger partial charge in [0, 0.05) is 36.7 Å². The zero-order chi connectivity index (χ0) is 18.4. The van der Waals surface area contributed by atoms with Gasteiger partial charge in [-0.2, -0.15) is 0 Å². The molecule has 3 aliphatic rings. The molecule has 1 spiro atoms. The van der Waals surface area contributed by atoms with Crippen molar-refractivity contribution in [3.63, 3.8) is 0 Å². The molecule has 2 aliphatic heterocycles. The number of nitrogens with one attached hydrogen (secondary N) is 1. The zero-order valence-corrected chi connectivity index (χ0v) is 15.5. The van der Waals surface area contributed by atoms with Crippen LogP contribution in [0.3, 0.4) is 0 Å². The molecular weight excluding hydrogens is 334 g/mol. The number of benzene rings is 1. The van der Waals surface area contributed by atoms with Gasteiger partial charge in [0.15, 0.2) is 0 Å². The van der Waals surface area contributed by atoms with Crippen LogP contribution >= 0.6 is 0 Å². The van der Waals surface area contributed by atoms with Crippen LogP contribution in [0.25, 0.3) is 11.1 Å². The van der Waals surface area contributed by atoms with Crippen molar-refractivity contribution in [2.24, 2.45) is 5.92 Å². The summed E-state index contributed by atoms with van der Waals surface area (Å²) in [5, 5.41) is 3.62. The molecule has 1 aromatic carbocycles. The first-order chi connectivity index (χ1) is 13.1. The van der Waals surface area contributed by atoms with Crippen molar-refractivity contribution >= 4 is 11.6 Å². The van der Waals surface area contributed by atoms with E-state index in [1.54, 1.807) is 12.4 Å². The van der Waals surface area contributed by atoms with Gasteiger partial charge in [-0.3, -0.25) is 9.78 Å².